The molecule has 1 aromatic heterocycles. The lowest BCUT2D eigenvalue weighted by Crippen LogP contribution is -2.29. The molecule has 0 spiro atoms. The molecule has 0 saturated carbocycles. The highest BCUT2D eigenvalue weighted by Gasteiger charge is 2.25. The Bertz CT molecular complexity index is 406. The molecule has 1 atom stereocenters. The molecule has 0 amide bonds. The third kappa shape index (κ3) is 3.10. The summed E-state index contributed by atoms with van der Waals surface area (Å²) >= 11 is 0. The molecule has 1 N–H and O–H groups in total. The topological polar surface area (TPSA) is 52.5 Å². The quantitative estimate of drug-likeness (QED) is 0.857. The van der Waals surface area contributed by atoms with Crippen molar-refractivity contribution in [1.82, 2.24) is 9.97 Å². The SMILES string of the molecule is CN(C)c1nccc(N2CCCC(C)(O)CC2)n1. The molecule has 1 aliphatic rings. The van der Waals surface area contributed by atoms with E-state index in [2.05, 4.69) is 14.9 Å². The smallest absolute Gasteiger partial charge is 0.226 e. The average molecular weight is 250 g/mol. The third-order valence-electron chi connectivity index (χ3n) is 3.42. The Balaban J connectivity index is 2.13. The van der Waals surface area contributed by atoms with Gasteiger partial charge in [-0.2, -0.15) is 4.98 Å². The van der Waals surface area contributed by atoms with Crippen LogP contribution in [-0.2, 0) is 0 Å². The second-order valence-electron chi connectivity index (χ2n) is 5.45. The summed E-state index contributed by atoms with van der Waals surface area (Å²) in [5, 5.41) is 10.1. The maximum atomic E-state index is 10.1. The Kier molecular flexibility index (Phi) is 3.71. The first-order valence-electron chi connectivity index (χ1n) is 6.46. The molecule has 1 unspecified atom stereocenters. The molecule has 1 aliphatic heterocycles. The van der Waals surface area contributed by atoms with E-state index in [4.69, 9.17) is 0 Å². The summed E-state index contributed by atoms with van der Waals surface area (Å²) in [6, 6.07) is 1.94. The average Bonchev–Trinajstić information content (AvgIpc) is 2.50. The van der Waals surface area contributed by atoms with Crippen LogP contribution in [0.25, 0.3) is 0 Å². The Labute approximate surface area is 108 Å². The number of anilines is 2. The van der Waals surface area contributed by atoms with E-state index in [1.165, 1.54) is 0 Å². The molecule has 18 heavy (non-hydrogen) atoms. The van der Waals surface area contributed by atoms with Crippen molar-refractivity contribution >= 4 is 11.8 Å². The van der Waals surface area contributed by atoms with Gasteiger partial charge in [-0.1, -0.05) is 0 Å². The van der Waals surface area contributed by atoms with E-state index in [1.807, 2.05) is 32.0 Å². The van der Waals surface area contributed by atoms with Crippen LogP contribution in [0.1, 0.15) is 26.2 Å². The summed E-state index contributed by atoms with van der Waals surface area (Å²) in [5.74, 6) is 1.68. The first kappa shape index (κ1) is 13.1. The van der Waals surface area contributed by atoms with E-state index in [1.54, 1.807) is 6.20 Å². The molecule has 0 aromatic carbocycles. The van der Waals surface area contributed by atoms with Crippen LogP contribution in [0, 0.1) is 0 Å². The predicted octanol–water partition coefficient (Wildman–Crippen LogP) is 1.28. The highest BCUT2D eigenvalue weighted by Crippen LogP contribution is 2.24. The molecule has 100 valence electrons. The van der Waals surface area contributed by atoms with Gasteiger partial charge in [0.05, 0.1) is 5.60 Å². The van der Waals surface area contributed by atoms with E-state index >= 15 is 0 Å². The van der Waals surface area contributed by atoms with Crippen molar-refractivity contribution in [1.29, 1.82) is 0 Å². The minimum Gasteiger partial charge on any atom is -0.390 e. The van der Waals surface area contributed by atoms with Gasteiger partial charge >= 0.3 is 0 Å². The van der Waals surface area contributed by atoms with Gasteiger partial charge in [-0.3, -0.25) is 0 Å². The molecule has 1 aromatic rings. The summed E-state index contributed by atoms with van der Waals surface area (Å²) < 4.78 is 0. The van der Waals surface area contributed by atoms with Crippen LogP contribution >= 0.6 is 0 Å². The summed E-state index contributed by atoms with van der Waals surface area (Å²) in [6.45, 7) is 3.71. The van der Waals surface area contributed by atoms with Crippen LogP contribution in [0.4, 0.5) is 11.8 Å². The van der Waals surface area contributed by atoms with Crippen molar-refractivity contribution in [3.63, 3.8) is 0 Å². The lowest BCUT2D eigenvalue weighted by molar-refractivity contribution is 0.0481. The Morgan fingerprint density at radius 3 is 2.83 bits per heavy atom. The van der Waals surface area contributed by atoms with Gasteiger partial charge < -0.3 is 14.9 Å². The second kappa shape index (κ2) is 5.10. The fourth-order valence-corrected chi connectivity index (χ4v) is 2.22. The normalized spacial score (nSPS) is 24.8. The standard InChI is InChI=1S/C13H22N4O/c1-13(18)6-4-9-17(10-7-13)11-5-8-14-12(15-11)16(2)3/h5,8,18H,4,6-7,9-10H2,1-3H3. The number of rotatable bonds is 2. The Hall–Kier alpha value is -1.36. The lowest BCUT2D eigenvalue weighted by Gasteiger charge is -2.24. The van der Waals surface area contributed by atoms with E-state index in [0.29, 0.717) is 0 Å². The molecule has 5 nitrogen and oxygen atoms in total. The van der Waals surface area contributed by atoms with Crippen LogP contribution in [0.15, 0.2) is 12.3 Å². The molecular formula is C13H22N4O. The lowest BCUT2D eigenvalue weighted by atomic mass is 9.98. The van der Waals surface area contributed by atoms with Crippen molar-refractivity contribution in [2.45, 2.75) is 31.8 Å². The van der Waals surface area contributed by atoms with Crippen LogP contribution in [0.3, 0.4) is 0 Å². The van der Waals surface area contributed by atoms with Gasteiger partial charge in [-0.25, -0.2) is 4.98 Å². The predicted molar refractivity (Wildman–Crippen MR) is 73.0 cm³/mol. The maximum Gasteiger partial charge on any atom is 0.226 e. The number of hydrogen-bond donors (Lipinski definition) is 1. The fourth-order valence-electron chi connectivity index (χ4n) is 2.22. The van der Waals surface area contributed by atoms with E-state index in [-0.39, 0.29) is 0 Å². The molecule has 2 rings (SSSR count). The summed E-state index contributed by atoms with van der Waals surface area (Å²) in [4.78, 5) is 12.9. The van der Waals surface area contributed by atoms with Crippen molar-refractivity contribution in [3.8, 4) is 0 Å². The first-order chi connectivity index (χ1) is 8.48. The molecule has 0 bridgehead atoms. The zero-order valence-corrected chi connectivity index (χ0v) is 11.4. The van der Waals surface area contributed by atoms with Crippen LogP contribution in [0.5, 0.6) is 0 Å². The molecule has 0 aliphatic carbocycles. The summed E-state index contributed by atoms with van der Waals surface area (Å²) in [7, 11) is 3.87. The molecular weight excluding hydrogens is 228 g/mol. The van der Waals surface area contributed by atoms with Gasteiger partial charge in [0.15, 0.2) is 0 Å². The number of hydrogen-bond acceptors (Lipinski definition) is 5. The van der Waals surface area contributed by atoms with Gasteiger partial charge in [0.2, 0.25) is 5.95 Å². The number of aromatic nitrogens is 2. The molecule has 1 saturated heterocycles. The second-order valence-corrected chi connectivity index (χ2v) is 5.45. The Morgan fingerprint density at radius 2 is 2.11 bits per heavy atom. The molecule has 2 heterocycles. The maximum absolute atomic E-state index is 10.1. The summed E-state index contributed by atoms with van der Waals surface area (Å²) in [5.41, 5.74) is -0.536. The van der Waals surface area contributed by atoms with E-state index in [0.717, 1.165) is 44.1 Å². The fraction of sp³-hybridized carbons (Fsp3) is 0.692. The molecule has 1 fully saturated rings. The van der Waals surface area contributed by atoms with Crippen LogP contribution in [0.2, 0.25) is 0 Å². The number of aliphatic hydroxyl groups is 1. The molecule has 5 heteroatoms. The van der Waals surface area contributed by atoms with Crippen molar-refractivity contribution in [2.75, 3.05) is 37.0 Å². The third-order valence-corrected chi connectivity index (χ3v) is 3.42. The van der Waals surface area contributed by atoms with Crippen molar-refractivity contribution in [2.24, 2.45) is 0 Å². The summed E-state index contributed by atoms with van der Waals surface area (Å²) in [6.07, 6.45) is 4.43. The van der Waals surface area contributed by atoms with Gasteiger partial charge in [0, 0.05) is 33.4 Å². The van der Waals surface area contributed by atoms with Crippen molar-refractivity contribution in [3.05, 3.63) is 12.3 Å². The molecule has 0 radical (unpaired) electrons. The van der Waals surface area contributed by atoms with Gasteiger partial charge in [0.1, 0.15) is 5.82 Å². The minimum absolute atomic E-state index is 0.536. The van der Waals surface area contributed by atoms with Gasteiger partial charge in [-0.15, -0.1) is 0 Å². The largest absolute Gasteiger partial charge is 0.390 e. The highest BCUT2D eigenvalue weighted by atomic mass is 16.3. The van der Waals surface area contributed by atoms with Gasteiger partial charge in [-0.05, 0) is 32.3 Å². The van der Waals surface area contributed by atoms with Gasteiger partial charge in [0.25, 0.3) is 0 Å². The van der Waals surface area contributed by atoms with Crippen LogP contribution < -0.4 is 9.80 Å². The monoisotopic (exact) mass is 250 g/mol. The Morgan fingerprint density at radius 1 is 1.33 bits per heavy atom. The van der Waals surface area contributed by atoms with Crippen LogP contribution in [-0.4, -0.2) is 47.9 Å². The van der Waals surface area contributed by atoms with E-state index < -0.39 is 5.60 Å². The number of nitrogens with zero attached hydrogens (tertiary/aromatic N) is 4. The first-order valence-corrected chi connectivity index (χ1v) is 6.46. The van der Waals surface area contributed by atoms with Crippen molar-refractivity contribution < 1.29 is 5.11 Å². The zero-order chi connectivity index (χ0) is 13.2. The zero-order valence-electron chi connectivity index (χ0n) is 11.4. The van der Waals surface area contributed by atoms with E-state index in [9.17, 15) is 5.11 Å². The highest BCUT2D eigenvalue weighted by molar-refractivity contribution is 5.43. The minimum atomic E-state index is -0.536.